The molecule has 4 aromatic carbocycles. The zero-order valence-corrected chi connectivity index (χ0v) is 14.8. The van der Waals surface area contributed by atoms with Crippen LogP contribution in [0, 0.1) is 27.7 Å². The van der Waals surface area contributed by atoms with Gasteiger partial charge >= 0.3 is 0 Å². The zero-order valence-electron chi connectivity index (χ0n) is 14.8. The lowest BCUT2D eigenvalue weighted by atomic mass is 9.87. The Labute approximate surface area is 143 Å². The molecule has 0 spiro atoms. The van der Waals surface area contributed by atoms with Crippen LogP contribution in [0.4, 0.5) is 0 Å². The van der Waals surface area contributed by atoms with Gasteiger partial charge in [0.25, 0.3) is 0 Å². The summed E-state index contributed by atoms with van der Waals surface area (Å²) >= 11 is 0. The Morgan fingerprint density at radius 3 is 2.00 bits per heavy atom. The van der Waals surface area contributed by atoms with E-state index >= 15 is 0 Å². The summed E-state index contributed by atoms with van der Waals surface area (Å²) in [5.41, 5.74) is 8.14. The van der Waals surface area contributed by atoms with Crippen molar-refractivity contribution in [1.82, 2.24) is 0 Å². The van der Waals surface area contributed by atoms with Gasteiger partial charge < -0.3 is 0 Å². The molecule has 0 heterocycles. The van der Waals surface area contributed by atoms with Gasteiger partial charge in [-0.15, -0.1) is 0 Å². The van der Waals surface area contributed by atoms with Gasteiger partial charge in [-0.25, -0.2) is 0 Å². The molecular formula is C24H22. The van der Waals surface area contributed by atoms with Crippen LogP contribution in [-0.2, 0) is 0 Å². The van der Waals surface area contributed by atoms with E-state index in [9.17, 15) is 0 Å². The van der Waals surface area contributed by atoms with Crippen molar-refractivity contribution in [1.29, 1.82) is 0 Å². The summed E-state index contributed by atoms with van der Waals surface area (Å²) in [7, 11) is 0. The number of fused-ring (bicyclic) bond motifs is 2. The molecule has 4 rings (SSSR count). The number of hydrogen-bond donors (Lipinski definition) is 0. The van der Waals surface area contributed by atoms with Crippen LogP contribution >= 0.6 is 0 Å². The van der Waals surface area contributed by atoms with Gasteiger partial charge in [0.15, 0.2) is 0 Å². The van der Waals surface area contributed by atoms with Crippen molar-refractivity contribution >= 4 is 21.5 Å². The van der Waals surface area contributed by atoms with Gasteiger partial charge in [0.2, 0.25) is 0 Å². The second kappa shape index (κ2) is 5.49. The van der Waals surface area contributed by atoms with Crippen LogP contribution in [0.5, 0.6) is 0 Å². The molecule has 0 aliphatic carbocycles. The van der Waals surface area contributed by atoms with E-state index in [0.717, 1.165) is 0 Å². The van der Waals surface area contributed by atoms with Crippen LogP contribution in [0.2, 0.25) is 0 Å². The first-order valence-electron chi connectivity index (χ1n) is 8.55. The summed E-state index contributed by atoms with van der Waals surface area (Å²) < 4.78 is 0. The van der Waals surface area contributed by atoms with Crippen molar-refractivity contribution in [2.45, 2.75) is 27.7 Å². The fourth-order valence-corrected chi connectivity index (χ4v) is 3.70. The predicted octanol–water partition coefficient (Wildman–Crippen LogP) is 6.89. The van der Waals surface area contributed by atoms with Gasteiger partial charge in [0, 0.05) is 0 Å². The molecule has 0 aliphatic rings. The van der Waals surface area contributed by atoms with Gasteiger partial charge in [-0.2, -0.15) is 0 Å². The smallest absolute Gasteiger partial charge is 0.00672 e. The van der Waals surface area contributed by atoms with E-state index in [-0.39, 0.29) is 0 Å². The molecule has 0 nitrogen and oxygen atoms in total. The SMILES string of the molecule is Cc1cc2cccc(-c3c(C)c(C)cc4ccccc34)c2cc1C. The highest BCUT2D eigenvalue weighted by Crippen LogP contribution is 2.38. The van der Waals surface area contributed by atoms with E-state index in [1.54, 1.807) is 0 Å². The minimum atomic E-state index is 1.32. The summed E-state index contributed by atoms with van der Waals surface area (Å²) in [6, 6.07) is 22.3. The van der Waals surface area contributed by atoms with Crippen molar-refractivity contribution in [2.75, 3.05) is 0 Å². The van der Waals surface area contributed by atoms with Gasteiger partial charge in [-0.05, 0) is 82.6 Å². The summed E-state index contributed by atoms with van der Waals surface area (Å²) in [5.74, 6) is 0. The molecule has 0 aromatic heterocycles. The Morgan fingerprint density at radius 1 is 0.542 bits per heavy atom. The molecule has 0 fully saturated rings. The Morgan fingerprint density at radius 2 is 1.17 bits per heavy atom. The van der Waals surface area contributed by atoms with Gasteiger partial charge in [0.1, 0.15) is 0 Å². The molecule has 24 heavy (non-hydrogen) atoms. The first kappa shape index (κ1) is 15.0. The third-order valence-corrected chi connectivity index (χ3v) is 5.33. The molecular weight excluding hydrogens is 288 g/mol. The summed E-state index contributed by atoms with van der Waals surface area (Å²) in [4.78, 5) is 0. The van der Waals surface area contributed by atoms with Crippen LogP contribution in [-0.4, -0.2) is 0 Å². The maximum Gasteiger partial charge on any atom is -0.00672 e. The maximum atomic E-state index is 2.34. The number of rotatable bonds is 1. The molecule has 4 aromatic rings. The van der Waals surface area contributed by atoms with E-state index in [1.165, 1.54) is 54.9 Å². The van der Waals surface area contributed by atoms with E-state index in [4.69, 9.17) is 0 Å². The second-order valence-electron chi connectivity index (χ2n) is 6.88. The molecule has 0 saturated heterocycles. The minimum absolute atomic E-state index is 1.32. The molecule has 0 saturated carbocycles. The van der Waals surface area contributed by atoms with Crippen molar-refractivity contribution in [3.05, 3.63) is 82.9 Å². The Balaban J connectivity index is 2.18. The lowest BCUT2D eigenvalue weighted by molar-refractivity contribution is 1.35. The molecule has 0 heteroatoms. The fourth-order valence-electron chi connectivity index (χ4n) is 3.70. The summed E-state index contributed by atoms with van der Waals surface area (Å²) in [6.45, 7) is 8.85. The van der Waals surface area contributed by atoms with Crippen LogP contribution in [0.25, 0.3) is 32.7 Å². The van der Waals surface area contributed by atoms with Crippen molar-refractivity contribution in [2.24, 2.45) is 0 Å². The van der Waals surface area contributed by atoms with Crippen molar-refractivity contribution in [3.63, 3.8) is 0 Å². The highest BCUT2D eigenvalue weighted by molar-refractivity contribution is 6.07. The number of aryl methyl sites for hydroxylation is 3. The fraction of sp³-hybridized carbons (Fsp3) is 0.167. The van der Waals surface area contributed by atoms with Crippen LogP contribution < -0.4 is 0 Å². The Bertz CT molecular complexity index is 1080. The number of benzene rings is 4. The van der Waals surface area contributed by atoms with Crippen LogP contribution in [0.15, 0.2) is 60.7 Å². The molecule has 118 valence electrons. The first-order chi connectivity index (χ1) is 11.6. The van der Waals surface area contributed by atoms with Crippen molar-refractivity contribution in [3.8, 4) is 11.1 Å². The van der Waals surface area contributed by atoms with E-state index < -0.39 is 0 Å². The highest BCUT2D eigenvalue weighted by atomic mass is 14.2. The molecule has 0 atom stereocenters. The average molecular weight is 310 g/mol. The van der Waals surface area contributed by atoms with Crippen LogP contribution in [0.3, 0.4) is 0 Å². The topological polar surface area (TPSA) is 0 Å². The van der Waals surface area contributed by atoms with E-state index in [0.29, 0.717) is 0 Å². The van der Waals surface area contributed by atoms with Crippen molar-refractivity contribution < 1.29 is 0 Å². The second-order valence-corrected chi connectivity index (χ2v) is 6.88. The third-order valence-electron chi connectivity index (χ3n) is 5.33. The molecule has 0 aliphatic heterocycles. The average Bonchev–Trinajstić information content (AvgIpc) is 2.57. The number of hydrogen-bond acceptors (Lipinski definition) is 0. The third kappa shape index (κ3) is 2.22. The largest absolute Gasteiger partial charge is 0.0616 e. The van der Waals surface area contributed by atoms with Gasteiger partial charge in [0.05, 0.1) is 0 Å². The Hall–Kier alpha value is -2.60. The molecule has 0 radical (unpaired) electrons. The highest BCUT2D eigenvalue weighted by Gasteiger charge is 2.13. The van der Waals surface area contributed by atoms with Crippen LogP contribution in [0.1, 0.15) is 22.3 Å². The van der Waals surface area contributed by atoms with Gasteiger partial charge in [-0.3, -0.25) is 0 Å². The molecule has 0 unspecified atom stereocenters. The quantitative estimate of drug-likeness (QED) is 0.359. The molecule has 0 bridgehead atoms. The Kier molecular flexibility index (Phi) is 3.42. The maximum absolute atomic E-state index is 2.34. The monoisotopic (exact) mass is 310 g/mol. The summed E-state index contributed by atoms with van der Waals surface area (Å²) in [5, 5.41) is 5.32. The standard InChI is InChI=1S/C24H22/c1-15-12-20-9-7-11-22(23(20)14-16(15)2)24-18(4)17(3)13-19-8-5-6-10-21(19)24/h5-14H,1-4H3. The van der Waals surface area contributed by atoms with Gasteiger partial charge in [-0.1, -0.05) is 60.7 Å². The zero-order chi connectivity index (χ0) is 16.8. The first-order valence-corrected chi connectivity index (χ1v) is 8.55. The van der Waals surface area contributed by atoms with E-state index in [1.807, 2.05) is 0 Å². The van der Waals surface area contributed by atoms with E-state index in [2.05, 4.69) is 88.4 Å². The minimum Gasteiger partial charge on any atom is -0.0616 e. The predicted molar refractivity (Wildman–Crippen MR) is 106 cm³/mol. The lowest BCUT2D eigenvalue weighted by Crippen LogP contribution is -1.92. The summed E-state index contributed by atoms with van der Waals surface area (Å²) in [6.07, 6.45) is 0. The molecule has 0 N–H and O–H groups in total. The normalized spacial score (nSPS) is 11.3. The lowest BCUT2D eigenvalue weighted by Gasteiger charge is -2.16. The molecule has 0 amide bonds.